The molecule has 1 aliphatic carbocycles. The summed E-state index contributed by atoms with van der Waals surface area (Å²) in [6.07, 6.45) is 2.96. The molecule has 1 atom stereocenters. The molecule has 0 radical (unpaired) electrons. The molecule has 0 aliphatic heterocycles. The van der Waals surface area contributed by atoms with E-state index in [1.807, 2.05) is 6.92 Å². The second-order valence-corrected chi connectivity index (χ2v) is 12.6. The van der Waals surface area contributed by atoms with Crippen molar-refractivity contribution >= 4 is 29.8 Å². The van der Waals surface area contributed by atoms with Crippen molar-refractivity contribution in [3.63, 3.8) is 0 Å². The molecule has 0 N–H and O–H groups in total. The van der Waals surface area contributed by atoms with E-state index >= 15 is 0 Å². The van der Waals surface area contributed by atoms with Gasteiger partial charge >= 0.3 is 0 Å². The monoisotopic (exact) mass is 429 g/mol. The average molecular weight is 430 g/mol. The summed E-state index contributed by atoms with van der Waals surface area (Å²) in [6, 6.07) is 6.52. The zero-order valence-electron chi connectivity index (χ0n) is 15.9. The Balaban J connectivity index is 2.22. The third-order valence-electron chi connectivity index (χ3n) is 5.39. The zero-order chi connectivity index (χ0) is 20.2. The average Bonchev–Trinajstić information content (AvgIpc) is 2.94. The Morgan fingerprint density at radius 2 is 1.67 bits per heavy atom. The van der Waals surface area contributed by atoms with Crippen molar-refractivity contribution in [3.05, 3.63) is 47.3 Å². The Morgan fingerprint density at radius 1 is 1.07 bits per heavy atom. The number of halogens is 1. The molecule has 1 aliphatic rings. The molecule has 0 fully saturated rings. The second-order valence-electron chi connectivity index (χ2n) is 8.28. The summed E-state index contributed by atoms with van der Waals surface area (Å²) >= 11 is 0. The number of nitrogens with zero attached hydrogens (tertiary/aromatic N) is 1. The lowest BCUT2D eigenvalue weighted by molar-refractivity contribution is 0.213. The number of aromatic nitrogens is 1. The molecule has 1 heterocycles. The number of benzene rings is 1. The van der Waals surface area contributed by atoms with Crippen LogP contribution in [0, 0.1) is 18.3 Å². The number of rotatable bonds is 3. The number of hydrogen-bond acceptors (Lipinski definition) is 4. The minimum Gasteiger partial charge on any atom is -0.244 e. The molecule has 1 aromatic heterocycles. The first-order chi connectivity index (χ1) is 12.3. The predicted octanol–water partition coefficient (Wildman–Crippen LogP) is 4.11. The lowest BCUT2D eigenvalue weighted by atomic mass is 9.72. The standard InChI is InChI=1S/C19H24ClNO4S2/c1-13-5-8-15(9-6-13)27(24,25)21-12-18(26(20,22)23)16-10-7-14(11-17(16)21)19(2,3)4/h5-6,8-9,12,14H,7,10-11H2,1-4H3. The summed E-state index contributed by atoms with van der Waals surface area (Å²) in [5.74, 6) is 0.248. The maximum atomic E-state index is 13.2. The van der Waals surface area contributed by atoms with Gasteiger partial charge in [0.15, 0.2) is 0 Å². The van der Waals surface area contributed by atoms with Crippen molar-refractivity contribution in [1.82, 2.24) is 3.97 Å². The van der Waals surface area contributed by atoms with Crippen molar-refractivity contribution in [3.8, 4) is 0 Å². The highest BCUT2D eigenvalue weighted by Crippen LogP contribution is 2.41. The van der Waals surface area contributed by atoms with Crippen LogP contribution in [0.1, 0.15) is 44.0 Å². The van der Waals surface area contributed by atoms with Gasteiger partial charge in [0.25, 0.3) is 19.1 Å². The Bertz CT molecular complexity index is 1080. The van der Waals surface area contributed by atoms with Gasteiger partial charge in [0.05, 0.1) is 4.90 Å². The predicted molar refractivity (Wildman–Crippen MR) is 106 cm³/mol. The highest BCUT2D eigenvalue weighted by molar-refractivity contribution is 8.13. The summed E-state index contributed by atoms with van der Waals surface area (Å²) in [4.78, 5) is 0.0320. The van der Waals surface area contributed by atoms with E-state index in [0.29, 0.717) is 24.1 Å². The van der Waals surface area contributed by atoms with Crippen LogP contribution in [0.25, 0.3) is 0 Å². The van der Waals surface area contributed by atoms with Gasteiger partial charge in [-0.2, -0.15) is 0 Å². The minimum atomic E-state index is -4.04. The van der Waals surface area contributed by atoms with E-state index in [2.05, 4.69) is 20.8 Å². The zero-order valence-corrected chi connectivity index (χ0v) is 18.2. The van der Waals surface area contributed by atoms with Crippen LogP contribution >= 0.6 is 10.7 Å². The molecule has 1 aromatic carbocycles. The SMILES string of the molecule is Cc1ccc(S(=O)(=O)n2cc(S(=O)(=O)Cl)c3c2CC(C(C)(C)C)CC3)cc1. The third-order valence-corrected chi connectivity index (χ3v) is 8.48. The fourth-order valence-electron chi connectivity index (χ4n) is 3.66. The van der Waals surface area contributed by atoms with Gasteiger partial charge in [-0.05, 0) is 55.2 Å². The normalized spacial score (nSPS) is 18.3. The third kappa shape index (κ3) is 3.82. The highest BCUT2D eigenvalue weighted by Gasteiger charge is 2.36. The maximum absolute atomic E-state index is 13.2. The molecule has 0 amide bonds. The Hall–Kier alpha value is -1.31. The summed E-state index contributed by atoms with van der Waals surface area (Å²) in [6.45, 7) is 8.22. The smallest absolute Gasteiger partial charge is 0.244 e. The quantitative estimate of drug-likeness (QED) is 0.688. The molecule has 8 heteroatoms. The van der Waals surface area contributed by atoms with Crippen molar-refractivity contribution in [2.45, 2.75) is 56.7 Å². The number of aryl methyl sites for hydroxylation is 1. The highest BCUT2D eigenvalue weighted by atomic mass is 35.7. The van der Waals surface area contributed by atoms with Crippen LogP contribution in [0.15, 0.2) is 40.3 Å². The Morgan fingerprint density at radius 3 is 2.19 bits per heavy atom. The first-order valence-electron chi connectivity index (χ1n) is 8.82. The summed E-state index contributed by atoms with van der Waals surface area (Å²) in [5.41, 5.74) is 1.99. The van der Waals surface area contributed by atoms with Crippen molar-refractivity contribution in [2.75, 3.05) is 0 Å². The number of hydrogen-bond donors (Lipinski definition) is 0. The molecule has 0 saturated heterocycles. The van der Waals surface area contributed by atoms with Gasteiger partial charge in [-0.3, -0.25) is 0 Å². The molecule has 27 heavy (non-hydrogen) atoms. The molecule has 0 bridgehead atoms. The molecule has 5 nitrogen and oxygen atoms in total. The van der Waals surface area contributed by atoms with Crippen LogP contribution in [-0.4, -0.2) is 20.8 Å². The first kappa shape index (κ1) is 20.4. The number of fused-ring (bicyclic) bond motifs is 1. The van der Waals surface area contributed by atoms with Gasteiger partial charge in [-0.15, -0.1) is 0 Å². The minimum absolute atomic E-state index is 0.0135. The largest absolute Gasteiger partial charge is 0.267 e. The van der Waals surface area contributed by atoms with Crippen molar-refractivity contribution in [1.29, 1.82) is 0 Å². The Labute approximate surface area is 165 Å². The summed E-state index contributed by atoms with van der Waals surface area (Å²) < 4.78 is 51.7. The van der Waals surface area contributed by atoms with E-state index in [-0.39, 0.29) is 21.1 Å². The molecule has 3 rings (SSSR count). The topological polar surface area (TPSA) is 73.2 Å². The maximum Gasteiger partial charge on any atom is 0.267 e. The molecule has 148 valence electrons. The van der Waals surface area contributed by atoms with Gasteiger partial charge < -0.3 is 0 Å². The molecule has 0 saturated carbocycles. The molecule has 0 spiro atoms. The van der Waals surface area contributed by atoms with E-state index in [4.69, 9.17) is 10.7 Å². The van der Waals surface area contributed by atoms with Gasteiger partial charge in [0, 0.05) is 22.6 Å². The lowest BCUT2D eigenvalue weighted by Crippen LogP contribution is -2.29. The van der Waals surface area contributed by atoms with E-state index in [1.54, 1.807) is 12.1 Å². The van der Waals surface area contributed by atoms with Gasteiger partial charge in [0.2, 0.25) is 0 Å². The van der Waals surface area contributed by atoms with Crippen molar-refractivity contribution in [2.24, 2.45) is 11.3 Å². The summed E-state index contributed by atoms with van der Waals surface area (Å²) in [5, 5.41) is 0. The van der Waals surface area contributed by atoms with Crippen LogP contribution < -0.4 is 0 Å². The fraction of sp³-hybridized carbons (Fsp3) is 0.474. The van der Waals surface area contributed by atoms with Crippen LogP contribution in [0.5, 0.6) is 0 Å². The van der Waals surface area contributed by atoms with E-state index < -0.39 is 19.1 Å². The molecular formula is C19H24ClNO4S2. The van der Waals surface area contributed by atoms with Gasteiger partial charge in [-0.25, -0.2) is 20.8 Å². The molecular weight excluding hydrogens is 406 g/mol. The molecule has 2 aromatic rings. The van der Waals surface area contributed by atoms with Crippen LogP contribution in [0.2, 0.25) is 0 Å². The molecule has 1 unspecified atom stereocenters. The van der Waals surface area contributed by atoms with Gasteiger partial charge in [0.1, 0.15) is 4.90 Å². The van der Waals surface area contributed by atoms with E-state index in [9.17, 15) is 16.8 Å². The van der Waals surface area contributed by atoms with Crippen molar-refractivity contribution < 1.29 is 16.8 Å². The van der Waals surface area contributed by atoms with E-state index in [1.165, 1.54) is 18.3 Å². The van der Waals surface area contributed by atoms with Crippen LogP contribution in [0.3, 0.4) is 0 Å². The van der Waals surface area contributed by atoms with Gasteiger partial charge in [-0.1, -0.05) is 38.5 Å². The second kappa shape index (κ2) is 6.64. The lowest BCUT2D eigenvalue weighted by Gasteiger charge is -2.34. The fourth-order valence-corrected chi connectivity index (χ4v) is 6.30. The van der Waals surface area contributed by atoms with Crippen LogP contribution in [0.4, 0.5) is 0 Å². The first-order valence-corrected chi connectivity index (χ1v) is 12.6. The van der Waals surface area contributed by atoms with Crippen LogP contribution in [-0.2, 0) is 31.9 Å². The van der Waals surface area contributed by atoms with E-state index in [0.717, 1.165) is 16.0 Å². The summed E-state index contributed by atoms with van der Waals surface area (Å²) in [7, 11) is -2.33. The Kier molecular flexibility index (Phi) is 5.02.